The summed E-state index contributed by atoms with van der Waals surface area (Å²) in [5.41, 5.74) is -0.374. The molecule has 17 heavy (non-hydrogen) atoms. The predicted octanol–water partition coefficient (Wildman–Crippen LogP) is 2.54. The van der Waals surface area contributed by atoms with Crippen molar-refractivity contribution in [3.05, 3.63) is 0 Å². The Labute approximate surface area is 104 Å². The van der Waals surface area contributed by atoms with E-state index in [1.165, 1.54) is 12.8 Å². The van der Waals surface area contributed by atoms with Crippen LogP contribution in [0.25, 0.3) is 0 Å². The molecule has 0 radical (unpaired) electrons. The summed E-state index contributed by atoms with van der Waals surface area (Å²) in [7, 11) is 0. The zero-order chi connectivity index (χ0) is 13.1. The number of nitrogens with zero attached hydrogens (tertiary/aromatic N) is 1. The summed E-state index contributed by atoms with van der Waals surface area (Å²) in [6.07, 6.45) is 2.58. The molecule has 4 heteroatoms. The molecule has 1 atom stereocenters. The van der Waals surface area contributed by atoms with Crippen LogP contribution in [0.5, 0.6) is 0 Å². The van der Waals surface area contributed by atoms with Gasteiger partial charge in [0.2, 0.25) is 0 Å². The summed E-state index contributed by atoms with van der Waals surface area (Å²) in [5.74, 6) is 0.622. The van der Waals surface area contributed by atoms with E-state index in [9.17, 15) is 4.79 Å². The number of rotatable bonds is 4. The van der Waals surface area contributed by atoms with Crippen LogP contribution >= 0.6 is 0 Å². The highest BCUT2D eigenvalue weighted by molar-refractivity contribution is 5.65. The topological polar surface area (TPSA) is 52.6 Å². The van der Waals surface area contributed by atoms with Gasteiger partial charge in [-0.2, -0.15) is 0 Å². The molecule has 0 saturated carbocycles. The Bertz CT molecular complexity index is 264. The molecule has 0 bridgehead atoms. The number of likely N-dealkylation sites (tertiary alicyclic amines) is 1. The summed E-state index contributed by atoms with van der Waals surface area (Å²) >= 11 is 0. The van der Waals surface area contributed by atoms with Crippen molar-refractivity contribution in [3.8, 4) is 0 Å². The van der Waals surface area contributed by atoms with Gasteiger partial charge in [0.25, 0.3) is 0 Å². The van der Waals surface area contributed by atoms with Gasteiger partial charge in [-0.05, 0) is 39.2 Å². The molecule has 0 aromatic heterocycles. The van der Waals surface area contributed by atoms with Gasteiger partial charge in [-0.15, -0.1) is 0 Å². The van der Waals surface area contributed by atoms with Gasteiger partial charge >= 0.3 is 6.09 Å². The molecular formula is C13H26N2O2. The molecule has 0 aromatic rings. The Hall–Kier alpha value is -0.770. The minimum Gasteiger partial charge on any atom is -0.465 e. The Morgan fingerprint density at radius 3 is 2.65 bits per heavy atom. The van der Waals surface area contributed by atoms with E-state index in [-0.39, 0.29) is 5.54 Å². The van der Waals surface area contributed by atoms with E-state index >= 15 is 0 Å². The predicted molar refractivity (Wildman–Crippen MR) is 69.3 cm³/mol. The van der Waals surface area contributed by atoms with Crippen molar-refractivity contribution in [2.45, 2.75) is 58.5 Å². The van der Waals surface area contributed by atoms with Crippen LogP contribution in [0.4, 0.5) is 4.79 Å². The molecule has 100 valence electrons. The first-order valence-electron chi connectivity index (χ1n) is 6.58. The van der Waals surface area contributed by atoms with Crippen molar-refractivity contribution in [2.24, 2.45) is 5.92 Å². The molecule has 1 rings (SSSR count). The van der Waals surface area contributed by atoms with Gasteiger partial charge < -0.3 is 10.4 Å². The van der Waals surface area contributed by atoms with E-state index in [4.69, 9.17) is 5.11 Å². The van der Waals surface area contributed by atoms with Gasteiger partial charge in [0.15, 0.2) is 0 Å². The summed E-state index contributed by atoms with van der Waals surface area (Å²) in [5, 5.41) is 11.6. The summed E-state index contributed by atoms with van der Waals surface area (Å²) < 4.78 is 0. The fourth-order valence-corrected chi connectivity index (χ4v) is 2.85. The molecule has 4 nitrogen and oxygen atoms in total. The SMILES string of the molecule is CC(C)CN1CCCCC1C(C)(C)NC(=O)O. The molecule has 1 aliphatic rings. The van der Waals surface area contributed by atoms with Crippen LogP contribution in [-0.4, -0.2) is 40.8 Å². The minimum absolute atomic E-state index is 0.315. The molecule has 1 aliphatic heterocycles. The number of nitrogens with one attached hydrogen (secondary N) is 1. The van der Waals surface area contributed by atoms with Crippen molar-refractivity contribution in [1.82, 2.24) is 10.2 Å². The normalized spacial score (nSPS) is 22.8. The molecule has 0 aliphatic carbocycles. The van der Waals surface area contributed by atoms with Gasteiger partial charge in [-0.3, -0.25) is 4.90 Å². The number of hydrogen-bond acceptors (Lipinski definition) is 2. The Balaban J connectivity index is 2.72. The number of amides is 1. The Kier molecular flexibility index (Phi) is 4.80. The van der Waals surface area contributed by atoms with Crippen LogP contribution in [0.1, 0.15) is 47.0 Å². The zero-order valence-corrected chi connectivity index (χ0v) is 11.5. The van der Waals surface area contributed by atoms with E-state index in [2.05, 4.69) is 24.1 Å². The third-order valence-electron chi connectivity index (χ3n) is 3.48. The molecule has 0 aromatic carbocycles. The van der Waals surface area contributed by atoms with E-state index in [1.54, 1.807) is 0 Å². The van der Waals surface area contributed by atoms with Crippen LogP contribution in [0.15, 0.2) is 0 Å². The van der Waals surface area contributed by atoms with Gasteiger partial charge in [-0.1, -0.05) is 20.3 Å². The van der Waals surface area contributed by atoms with E-state index < -0.39 is 6.09 Å². The van der Waals surface area contributed by atoms with Gasteiger partial charge in [0.05, 0.1) is 5.54 Å². The molecule has 1 unspecified atom stereocenters. The maximum atomic E-state index is 10.9. The summed E-state index contributed by atoms with van der Waals surface area (Å²) in [6, 6.07) is 0.315. The first kappa shape index (κ1) is 14.3. The Morgan fingerprint density at radius 1 is 1.47 bits per heavy atom. The highest BCUT2D eigenvalue weighted by Crippen LogP contribution is 2.26. The van der Waals surface area contributed by atoms with Crippen LogP contribution in [0.3, 0.4) is 0 Å². The van der Waals surface area contributed by atoms with Gasteiger partial charge in [-0.25, -0.2) is 4.79 Å². The molecule has 2 N–H and O–H groups in total. The highest BCUT2D eigenvalue weighted by Gasteiger charge is 2.36. The fraction of sp³-hybridized carbons (Fsp3) is 0.923. The van der Waals surface area contributed by atoms with Crippen molar-refractivity contribution in [1.29, 1.82) is 0 Å². The van der Waals surface area contributed by atoms with E-state index in [0.717, 1.165) is 19.5 Å². The first-order valence-corrected chi connectivity index (χ1v) is 6.58. The molecule has 1 heterocycles. The minimum atomic E-state index is -0.926. The van der Waals surface area contributed by atoms with Gasteiger partial charge in [0, 0.05) is 12.6 Å². The second-order valence-corrected chi connectivity index (χ2v) is 6.05. The largest absolute Gasteiger partial charge is 0.465 e. The number of carboxylic acid groups (broad SMARTS) is 1. The molecule has 0 spiro atoms. The lowest BCUT2D eigenvalue weighted by Crippen LogP contribution is -2.60. The fourth-order valence-electron chi connectivity index (χ4n) is 2.85. The average molecular weight is 242 g/mol. The molecule has 1 saturated heterocycles. The lowest BCUT2D eigenvalue weighted by atomic mass is 9.86. The van der Waals surface area contributed by atoms with Crippen LogP contribution in [-0.2, 0) is 0 Å². The summed E-state index contributed by atoms with van der Waals surface area (Å²) in [6.45, 7) is 10.5. The lowest BCUT2D eigenvalue weighted by Gasteiger charge is -2.45. The quantitative estimate of drug-likeness (QED) is 0.796. The molecule has 1 amide bonds. The first-order chi connectivity index (χ1) is 7.83. The van der Waals surface area contributed by atoms with Crippen LogP contribution in [0.2, 0.25) is 0 Å². The summed E-state index contributed by atoms with van der Waals surface area (Å²) in [4.78, 5) is 13.3. The zero-order valence-electron chi connectivity index (χ0n) is 11.5. The molecular weight excluding hydrogens is 216 g/mol. The van der Waals surface area contributed by atoms with Crippen molar-refractivity contribution in [3.63, 3.8) is 0 Å². The smallest absolute Gasteiger partial charge is 0.405 e. The third-order valence-corrected chi connectivity index (χ3v) is 3.48. The lowest BCUT2D eigenvalue weighted by molar-refractivity contribution is 0.0669. The van der Waals surface area contributed by atoms with E-state index in [0.29, 0.717) is 12.0 Å². The second kappa shape index (κ2) is 5.71. The Morgan fingerprint density at radius 2 is 2.12 bits per heavy atom. The van der Waals surface area contributed by atoms with Gasteiger partial charge in [0.1, 0.15) is 0 Å². The average Bonchev–Trinajstić information content (AvgIpc) is 2.15. The standard InChI is InChI=1S/C13H26N2O2/c1-10(2)9-15-8-6-5-7-11(15)13(3,4)14-12(16)17/h10-11,14H,5-9H2,1-4H3,(H,16,17). The van der Waals surface area contributed by atoms with Crippen molar-refractivity contribution < 1.29 is 9.90 Å². The third kappa shape index (κ3) is 4.19. The monoisotopic (exact) mass is 242 g/mol. The maximum absolute atomic E-state index is 10.9. The highest BCUT2D eigenvalue weighted by atomic mass is 16.4. The number of piperidine rings is 1. The van der Waals surface area contributed by atoms with Crippen molar-refractivity contribution >= 4 is 6.09 Å². The van der Waals surface area contributed by atoms with E-state index in [1.807, 2.05) is 13.8 Å². The van der Waals surface area contributed by atoms with Crippen molar-refractivity contribution in [2.75, 3.05) is 13.1 Å². The molecule has 1 fully saturated rings. The maximum Gasteiger partial charge on any atom is 0.405 e. The number of carbonyl (C=O) groups is 1. The number of hydrogen-bond donors (Lipinski definition) is 2. The van der Waals surface area contributed by atoms with Crippen LogP contribution < -0.4 is 5.32 Å². The second-order valence-electron chi connectivity index (χ2n) is 6.05. The van der Waals surface area contributed by atoms with Crippen LogP contribution in [0, 0.1) is 5.92 Å².